The van der Waals surface area contributed by atoms with Crippen LogP contribution in [0.15, 0.2) is 30.3 Å². The topological polar surface area (TPSA) is 0 Å². The van der Waals surface area contributed by atoms with Gasteiger partial charge in [-0.15, -0.1) is 0 Å². The van der Waals surface area contributed by atoms with Crippen LogP contribution in [0.25, 0.3) is 0 Å². The molecule has 0 saturated heterocycles. The standard InChI is InChI=1S/C20H34/c1-4-7-9-13-17-20(18(6-3)14-8-5-2)19-15-11-10-12-16-19/h10-12,15-16,18,20H,4-9,13-14,17H2,1-3H3. The maximum atomic E-state index is 2.38. The lowest BCUT2D eigenvalue weighted by Crippen LogP contribution is -2.13. The third kappa shape index (κ3) is 6.11. The van der Waals surface area contributed by atoms with E-state index < -0.39 is 0 Å². The summed E-state index contributed by atoms with van der Waals surface area (Å²) in [5.41, 5.74) is 1.58. The van der Waals surface area contributed by atoms with Crippen LogP contribution < -0.4 is 0 Å². The summed E-state index contributed by atoms with van der Waals surface area (Å²) < 4.78 is 0. The van der Waals surface area contributed by atoms with Crippen molar-refractivity contribution in [3.05, 3.63) is 35.9 Å². The van der Waals surface area contributed by atoms with E-state index in [9.17, 15) is 0 Å². The Kier molecular flexibility index (Phi) is 9.45. The van der Waals surface area contributed by atoms with Gasteiger partial charge in [-0.05, 0) is 30.2 Å². The van der Waals surface area contributed by atoms with Crippen molar-refractivity contribution in [3.8, 4) is 0 Å². The molecule has 0 aliphatic carbocycles. The Hall–Kier alpha value is -0.780. The SMILES string of the molecule is CCCCCCC(c1ccccc1)C(CC)CCCC. The molecule has 0 radical (unpaired) electrons. The summed E-state index contributed by atoms with van der Waals surface area (Å²) in [5, 5.41) is 0. The average Bonchev–Trinajstić information content (AvgIpc) is 2.50. The second-order valence-electron chi connectivity index (χ2n) is 6.18. The van der Waals surface area contributed by atoms with Crippen LogP contribution in [0.3, 0.4) is 0 Å². The first-order valence-electron chi connectivity index (χ1n) is 8.88. The number of rotatable bonds is 11. The van der Waals surface area contributed by atoms with Crippen molar-refractivity contribution >= 4 is 0 Å². The monoisotopic (exact) mass is 274 g/mol. The summed E-state index contributed by atoms with van der Waals surface area (Å²) in [5.74, 6) is 1.66. The third-order valence-electron chi connectivity index (χ3n) is 4.62. The van der Waals surface area contributed by atoms with Crippen molar-refractivity contribution in [3.63, 3.8) is 0 Å². The van der Waals surface area contributed by atoms with Gasteiger partial charge in [-0.2, -0.15) is 0 Å². The fourth-order valence-corrected chi connectivity index (χ4v) is 3.32. The van der Waals surface area contributed by atoms with Crippen LogP contribution in [-0.2, 0) is 0 Å². The van der Waals surface area contributed by atoms with E-state index in [0.717, 1.165) is 11.8 Å². The van der Waals surface area contributed by atoms with Crippen LogP contribution in [0.4, 0.5) is 0 Å². The fourth-order valence-electron chi connectivity index (χ4n) is 3.32. The highest BCUT2D eigenvalue weighted by Gasteiger charge is 2.20. The first-order valence-corrected chi connectivity index (χ1v) is 8.88. The Labute approximate surface area is 127 Å². The molecule has 0 aliphatic heterocycles. The predicted octanol–water partition coefficient (Wildman–Crippen LogP) is 6.96. The summed E-state index contributed by atoms with van der Waals surface area (Å²) >= 11 is 0. The van der Waals surface area contributed by atoms with E-state index in [1.807, 2.05) is 0 Å². The quantitative estimate of drug-likeness (QED) is 0.383. The third-order valence-corrected chi connectivity index (χ3v) is 4.62. The molecule has 1 rings (SSSR count). The second-order valence-corrected chi connectivity index (χ2v) is 6.18. The highest BCUT2D eigenvalue weighted by atomic mass is 14.3. The van der Waals surface area contributed by atoms with Gasteiger partial charge in [0.25, 0.3) is 0 Å². The van der Waals surface area contributed by atoms with E-state index in [4.69, 9.17) is 0 Å². The average molecular weight is 274 g/mol. The van der Waals surface area contributed by atoms with E-state index in [0.29, 0.717) is 0 Å². The normalized spacial score (nSPS) is 14.2. The lowest BCUT2D eigenvalue weighted by Gasteiger charge is -2.27. The van der Waals surface area contributed by atoms with Gasteiger partial charge >= 0.3 is 0 Å². The molecule has 0 aromatic heterocycles. The Morgan fingerprint density at radius 2 is 1.45 bits per heavy atom. The largest absolute Gasteiger partial charge is 0.0654 e. The number of hydrogen-bond donors (Lipinski definition) is 0. The zero-order valence-electron chi connectivity index (χ0n) is 13.9. The predicted molar refractivity (Wildman–Crippen MR) is 91.2 cm³/mol. The molecule has 1 aromatic carbocycles. The molecule has 20 heavy (non-hydrogen) atoms. The molecule has 0 spiro atoms. The van der Waals surface area contributed by atoms with E-state index in [-0.39, 0.29) is 0 Å². The van der Waals surface area contributed by atoms with Crippen molar-refractivity contribution < 1.29 is 0 Å². The molecule has 2 atom stereocenters. The van der Waals surface area contributed by atoms with Crippen LogP contribution in [0.5, 0.6) is 0 Å². The van der Waals surface area contributed by atoms with Crippen molar-refractivity contribution in [1.29, 1.82) is 0 Å². The summed E-state index contributed by atoms with van der Waals surface area (Å²) in [6.45, 7) is 6.98. The Morgan fingerprint density at radius 3 is 2.05 bits per heavy atom. The van der Waals surface area contributed by atoms with E-state index >= 15 is 0 Å². The molecule has 0 amide bonds. The molecule has 0 heterocycles. The van der Waals surface area contributed by atoms with Gasteiger partial charge in [0.05, 0.1) is 0 Å². The minimum atomic E-state index is 0.782. The Bertz CT molecular complexity index is 314. The number of benzene rings is 1. The van der Waals surface area contributed by atoms with Crippen LogP contribution in [-0.4, -0.2) is 0 Å². The lowest BCUT2D eigenvalue weighted by atomic mass is 9.78. The maximum absolute atomic E-state index is 2.38. The van der Waals surface area contributed by atoms with Crippen molar-refractivity contribution in [2.24, 2.45) is 5.92 Å². The van der Waals surface area contributed by atoms with E-state index in [1.165, 1.54) is 57.8 Å². The molecule has 0 fully saturated rings. The molecular weight excluding hydrogens is 240 g/mol. The highest BCUT2D eigenvalue weighted by Crippen LogP contribution is 2.35. The van der Waals surface area contributed by atoms with Gasteiger partial charge in [0.15, 0.2) is 0 Å². The van der Waals surface area contributed by atoms with Crippen molar-refractivity contribution in [1.82, 2.24) is 0 Å². The van der Waals surface area contributed by atoms with Crippen LogP contribution >= 0.6 is 0 Å². The molecule has 0 aliphatic rings. The van der Waals surface area contributed by atoms with Gasteiger partial charge in [-0.25, -0.2) is 0 Å². The van der Waals surface area contributed by atoms with Gasteiger partial charge in [0.1, 0.15) is 0 Å². The minimum Gasteiger partial charge on any atom is -0.0654 e. The zero-order chi connectivity index (χ0) is 14.6. The van der Waals surface area contributed by atoms with Gasteiger partial charge in [-0.3, -0.25) is 0 Å². The molecule has 0 nitrogen and oxygen atoms in total. The summed E-state index contributed by atoms with van der Waals surface area (Å²) in [7, 11) is 0. The highest BCUT2D eigenvalue weighted by molar-refractivity contribution is 5.20. The Balaban J connectivity index is 2.66. The molecular formula is C20H34. The number of hydrogen-bond acceptors (Lipinski definition) is 0. The van der Waals surface area contributed by atoms with Gasteiger partial charge < -0.3 is 0 Å². The van der Waals surface area contributed by atoms with Gasteiger partial charge in [0.2, 0.25) is 0 Å². The number of unbranched alkanes of at least 4 members (excludes halogenated alkanes) is 4. The molecule has 114 valence electrons. The van der Waals surface area contributed by atoms with Crippen molar-refractivity contribution in [2.75, 3.05) is 0 Å². The molecule has 0 N–H and O–H groups in total. The molecule has 2 unspecified atom stereocenters. The fraction of sp³-hybridized carbons (Fsp3) is 0.700. The van der Waals surface area contributed by atoms with Gasteiger partial charge in [0, 0.05) is 0 Å². The van der Waals surface area contributed by atoms with Crippen LogP contribution in [0, 0.1) is 5.92 Å². The molecule has 0 heteroatoms. The molecule has 0 saturated carbocycles. The summed E-state index contributed by atoms with van der Waals surface area (Å²) in [6, 6.07) is 11.3. The summed E-state index contributed by atoms with van der Waals surface area (Å²) in [4.78, 5) is 0. The smallest absolute Gasteiger partial charge is 0.0134 e. The second kappa shape index (κ2) is 10.9. The zero-order valence-corrected chi connectivity index (χ0v) is 13.9. The molecule has 1 aromatic rings. The Morgan fingerprint density at radius 1 is 0.750 bits per heavy atom. The van der Waals surface area contributed by atoms with Crippen LogP contribution in [0.1, 0.15) is 90.0 Å². The first kappa shape index (κ1) is 17.3. The van der Waals surface area contributed by atoms with E-state index in [1.54, 1.807) is 5.56 Å². The van der Waals surface area contributed by atoms with Crippen LogP contribution in [0.2, 0.25) is 0 Å². The lowest BCUT2D eigenvalue weighted by molar-refractivity contribution is 0.347. The summed E-state index contributed by atoms with van der Waals surface area (Å²) in [6.07, 6.45) is 12.4. The first-order chi connectivity index (χ1) is 9.83. The van der Waals surface area contributed by atoms with Crippen molar-refractivity contribution in [2.45, 2.75) is 84.5 Å². The van der Waals surface area contributed by atoms with Gasteiger partial charge in [-0.1, -0.05) is 96.0 Å². The maximum Gasteiger partial charge on any atom is -0.0134 e. The molecule has 0 bridgehead atoms. The minimum absolute atomic E-state index is 0.782. The van der Waals surface area contributed by atoms with E-state index in [2.05, 4.69) is 51.1 Å².